The first kappa shape index (κ1) is 23.4. The third-order valence-corrected chi connectivity index (χ3v) is 7.33. The molecule has 4 rings (SSSR count). The van der Waals surface area contributed by atoms with E-state index < -0.39 is 17.8 Å². The lowest BCUT2D eigenvalue weighted by atomic mass is 9.76. The summed E-state index contributed by atoms with van der Waals surface area (Å²) in [4.78, 5) is 31.0. The number of alkyl halides is 3. The normalized spacial score (nSPS) is 22.4. The van der Waals surface area contributed by atoms with E-state index in [9.17, 15) is 22.8 Å². The van der Waals surface area contributed by atoms with Crippen molar-refractivity contribution in [2.45, 2.75) is 50.7 Å². The number of benzene rings is 1. The highest BCUT2D eigenvalue weighted by atomic mass is 19.4. The first-order chi connectivity index (χ1) is 15.5. The number of halogens is 3. The molecule has 178 valence electrons. The fraction of sp³-hybridized carbons (Fsp3) is 0.625. The van der Waals surface area contributed by atoms with Gasteiger partial charge < -0.3 is 14.7 Å². The number of rotatable bonds is 4. The van der Waals surface area contributed by atoms with Crippen LogP contribution in [0, 0.1) is 22.7 Å². The summed E-state index contributed by atoms with van der Waals surface area (Å²) < 4.78 is 40.1. The highest BCUT2D eigenvalue weighted by Crippen LogP contribution is 2.46. The fourth-order valence-corrected chi connectivity index (χ4v) is 5.19. The smallest absolute Gasteiger partial charge is 0.371 e. The second kappa shape index (κ2) is 8.54. The zero-order chi connectivity index (χ0) is 24.0. The van der Waals surface area contributed by atoms with Crippen molar-refractivity contribution in [2.24, 2.45) is 11.3 Å². The number of likely N-dealkylation sites (N-methyl/N-ethyl adjacent to an activating group) is 1. The van der Waals surface area contributed by atoms with E-state index >= 15 is 0 Å². The molecule has 1 saturated carbocycles. The van der Waals surface area contributed by atoms with Gasteiger partial charge in [-0.3, -0.25) is 9.59 Å². The summed E-state index contributed by atoms with van der Waals surface area (Å²) in [5, 5.41) is 9.03. The summed E-state index contributed by atoms with van der Waals surface area (Å²) in [7, 11) is 3.39. The van der Waals surface area contributed by atoms with Crippen molar-refractivity contribution in [2.75, 3.05) is 38.6 Å². The Balaban J connectivity index is 1.49. The maximum atomic E-state index is 13.4. The number of hydrogen-bond donors (Lipinski definition) is 0. The molecule has 1 atom stereocenters. The molecule has 9 heteroatoms. The molecule has 0 bridgehead atoms. The van der Waals surface area contributed by atoms with Crippen molar-refractivity contribution in [1.29, 1.82) is 5.26 Å². The Kier molecular flexibility index (Phi) is 6.06. The van der Waals surface area contributed by atoms with Crippen LogP contribution in [0.2, 0.25) is 0 Å². The molecule has 1 aliphatic carbocycles. The number of anilines is 1. The Morgan fingerprint density at radius 3 is 2.42 bits per heavy atom. The minimum atomic E-state index is -4.59. The zero-order valence-electron chi connectivity index (χ0n) is 19.0. The minimum Gasteiger partial charge on any atom is -0.371 e. The van der Waals surface area contributed by atoms with E-state index in [1.165, 1.54) is 11.0 Å². The Hall–Kier alpha value is -2.76. The predicted molar refractivity (Wildman–Crippen MR) is 116 cm³/mol. The molecule has 33 heavy (non-hydrogen) atoms. The van der Waals surface area contributed by atoms with Gasteiger partial charge in [-0.25, -0.2) is 0 Å². The zero-order valence-corrected chi connectivity index (χ0v) is 19.0. The standard InChI is InChI=1S/C24H29F3N4O2/c1-29(2)22(33)20-13-23(15-31(20)21(32)11-16-3-4-16)7-9-30(10-8-23)18-6-5-17(14-28)19(12-18)24(25,26)27/h5-6,12,16,20H,3-4,7-11,13,15H2,1-2H3. The van der Waals surface area contributed by atoms with Crippen molar-refractivity contribution in [3.05, 3.63) is 29.3 Å². The van der Waals surface area contributed by atoms with Crippen LogP contribution in [-0.2, 0) is 15.8 Å². The average Bonchev–Trinajstić information content (AvgIpc) is 3.51. The SMILES string of the molecule is CN(C)C(=O)C1CC2(CCN(c3ccc(C#N)c(C(F)(F)F)c3)CC2)CN1C(=O)CC1CC1. The second-order valence-electron chi connectivity index (χ2n) is 9.95. The van der Waals surface area contributed by atoms with Crippen LogP contribution in [0.25, 0.3) is 0 Å². The highest BCUT2D eigenvalue weighted by Gasteiger charge is 2.50. The van der Waals surface area contributed by atoms with Gasteiger partial charge in [-0.05, 0) is 61.6 Å². The van der Waals surface area contributed by atoms with E-state index in [1.807, 2.05) is 4.90 Å². The fourth-order valence-electron chi connectivity index (χ4n) is 5.19. The van der Waals surface area contributed by atoms with Gasteiger partial charge in [0.2, 0.25) is 11.8 Å². The monoisotopic (exact) mass is 462 g/mol. The van der Waals surface area contributed by atoms with Gasteiger partial charge in [0, 0.05) is 45.8 Å². The van der Waals surface area contributed by atoms with Crippen molar-refractivity contribution >= 4 is 17.5 Å². The van der Waals surface area contributed by atoms with E-state index in [0.717, 1.165) is 18.9 Å². The molecule has 2 aliphatic heterocycles. The molecule has 6 nitrogen and oxygen atoms in total. The summed E-state index contributed by atoms with van der Waals surface area (Å²) in [6.07, 6.45) is 0.0104. The van der Waals surface area contributed by atoms with Crippen molar-refractivity contribution in [3.8, 4) is 6.07 Å². The molecule has 1 spiro atoms. The van der Waals surface area contributed by atoms with Crippen LogP contribution in [0.1, 0.15) is 49.7 Å². The molecular weight excluding hydrogens is 433 g/mol. The molecule has 0 radical (unpaired) electrons. The van der Waals surface area contributed by atoms with Crippen molar-refractivity contribution < 1.29 is 22.8 Å². The van der Waals surface area contributed by atoms with Gasteiger partial charge in [0.25, 0.3) is 0 Å². The van der Waals surface area contributed by atoms with Gasteiger partial charge in [0.1, 0.15) is 6.04 Å². The summed E-state index contributed by atoms with van der Waals surface area (Å²) in [6.45, 7) is 1.60. The van der Waals surface area contributed by atoms with Gasteiger partial charge in [0.15, 0.2) is 0 Å². The minimum absolute atomic E-state index is 0.0407. The lowest BCUT2D eigenvalue weighted by Gasteiger charge is -2.40. The van der Waals surface area contributed by atoms with Crippen LogP contribution >= 0.6 is 0 Å². The molecule has 2 heterocycles. The van der Waals surface area contributed by atoms with Crippen molar-refractivity contribution in [1.82, 2.24) is 9.80 Å². The van der Waals surface area contributed by atoms with Crippen LogP contribution in [0.4, 0.5) is 18.9 Å². The van der Waals surface area contributed by atoms with E-state index in [4.69, 9.17) is 5.26 Å². The molecule has 0 aromatic heterocycles. The summed E-state index contributed by atoms with van der Waals surface area (Å²) in [5.41, 5.74) is -1.06. The van der Waals surface area contributed by atoms with Gasteiger partial charge in [0.05, 0.1) is 17.2 Å². The maximum absolute atomic E-state index is 13.4. The molecular formula is C24H29F3N4O2. The number of hydrogen-bond acceptors (Lipinski definition) is 4. The van der Waals surface area contributed by atoms with Gasteiger partial charge >= 0.3 is 6.18 Å². The lowest BCUT2D eigenvalue weighted by molar-refractivity contribution is -0.142. The van der Waals surface area contributed by atoms with Gasteiger partial charge in [-0.15, -0.1) is 0 Å². The number of amides is 2. The molecule has 1 aromatic carbocycles. The molecule has 0 N–H and O–H groups in total. The predicted octanol–water partition coefficient (Wildman–Crippen LogP) is 3.65. The van der Waals surface area contributed by atoms with E-state index in [1.54, 1.807) is 31.1 Å². The topological polar surface area (TPSA) is 67.7 Å². The number of nitriles is 1. The van der Waals surface area contributed by atoms with E-state index in [2.05, 4.69) is 0 Å². The quantitative estimate of drug-likeness (QED) is 0.685. The van der Waals surface area contributed by atoms with E-state index in [0.29, 0.717) is 56.9 Å². The number of piperidine rings is 1. The molecule has 1 aromatic rings. The second-order valence-corrected chi connectivity index (χ2v) is 9.95. The highest BCUT2D eigenvalue weighted by molar-refractivity contribution is 5.88. The molecule has 1 unspecified atom stereocenters. The Morgan fingerprint density at radius 1 is 1.21 bits per heavy atom. The van der Waals surface area contributed by atoms with Crippen LogP contribution in [0.15, 0.2) is 18.2 Å². The third kappa shape index (κ3) is 4.80. The van der Waals surface area contributed by atoms with Crippen LogP contribution < -0.4 is 4.90 Å². The molecule has 3 fully saturated rings. The third-order valence-electron chi connectivity index (χ3n) is 7.33. The molecule has 2 saturated heterocycles. The number of nitrogens with zero attached hydrogens (tertiary/aromatic N) is 4. The lowest BCUT2D eigenvalue weighted by Crippen LogP contribution is -2.45. The first-order valence-electron chi connectivity index (χ1n) is 11.4. The molecule has 3 aliphatic rings. The summed E-state index contributed by atoms with van der Waals surface area (Å²) >= 11 is 0. The summed E-state index contributed by atoms with van der Waals surface area (Å²) in [5.74, 6) is 0.407. The Morgan fingerprint density at radius 2 is 1.88 bits per heavy atom. The summed E-state index contributed by atoms with van der Waals surface area (Å²) in [6, 6.07) is 4.98. The largest absolute Gasteiger partial charge is 0.417 e. The first-order valence-corrected chi connectivity index (χ1v) is 11.4. The van der Waals surface area contributed by atoms with Crippen LogP contribution in [0.3, 0.4) is 0 Å². The maximum Gasteiger partial charge on any atom is 0.417 e. The molecule has 2 amide bonds. The van der Waals surface area contributed by atoms with Crippen LogP contribution in [0.5, 0.6) is 0 Å². The average molecular weight is 463 g/mol. The van der Waals surface area contributed by atoms with E-state index in [-0.39, 0.29) is 22.8 Å². The number of likely N-dealkylation sites (tertiary alicyclic amines) is 1. The Labute approximate surface area is 191 Å². The number of carbonyl (C=O) groups excluding carboxylic acids is 2. The van der Waals surface area contributed by atoms with Gasteiger partial charge in [-0.2, -0.15) is 18.4 Å². The Bertz CT molecular complexity index is 973. The van der Waals surface area contributed by atoms with Gasteiger partial charge in [-0.1, -0.05) is 0 Å². The van der Waals surface area contributed by atoms with Crippen molar-refractivity contribution in [3.63, 3.8) is 0 Å². The number of carbonyl (C=O) groups is 2. The van der Waals surface area contributed by atoms with Crippen LogP contribution in [-0.4, -0.2) is 61.4 Å².